The summed E-state index contributed by atoms with van der Waals surface area (Å²) in [4.78, 5) is 33.3. The molecule has 0 saturated carbocycles. The molecule has 3 aromatic rings. The molecule has 150 valence electrons. The fourth-order valence-corrected chi connectivity index (χ4v) is 3.05. The van der Waals surface area contributed by atoms with Crippen LogP contribution in [0, 0.1) is 19.8 Å². The third kappa shape index (κ3) is 4.18. The van der Waals surface area contributed by atoms with Gasteiger partial charge in [0.05, 0.1) is 5.52 Å². The molecule has 29 heavy (non-hydrogen) atoms. The van der Waals surface area contributed by atoms with Crippen molar-refractivity contribution >= 4 is 28.5 Å². The molecule has 0 radical (unpaired) electrons. The van der Waals surface area contributed by atoms with Gasteiger partial charge in [-0.1, -0.05) is 19.9 Å². The third-order valence-electron chi connectivity index (χ3n) is 4.85. The van der Waals surface area contributed by atoms with E-state index in [2.05, 4.69) is 15.3 Å². The van der Waals surface area contributed by atoms with Crippen LogP contribution in [0.4, 0.5) is 10.5 Å². The number of amidine groups is 1. The molecule has 3 rings (SSSR count). The minimum Gasteiger partial charge on any atom is -0.387 e. The standard InChI is InChI=1S/C22H25N5O2/c1-12(2)20(23)26-22(29)25-16-7-6-13(3)17(10-16)18-9-15-11-24-14(4)8-19(15)27(5)21(18)28/h6-12H,1-5H3,(H3,23,25,26,29). The van der Waals surface area contributed by atoms with Crippen molar-refractivity contribution in [1.29, 1.82) is 0 Å². The number of aromatic nitrogens is 2. The summed E-state index contributed by atoms with van der Waals surface area (Å²) in [6.45, 7) is 7.54. The fourth-order valence-electron chi connectivity index (χ4n) is 3.05. The van der Waals surface area contributed by atoms with Gasteiger partial charge in [0, 0.05) is 41.5 Å². The Labute approximate surface area is 169 Å². The number of nitrogens with one attached hydrogen (secondary N) is 1. The van der Waals surface area contributed by atoms with Crippen molar-refractivity contribution in [3.8, 4) is 11.1 Å². The molecule has 7 nitrogen and oxygen atoms in total. The van der Waals surface area contributed by atoms with Crippen molar-refractivity contribution in [3.63, 3.8) is 0 Å². The van der Waals surface area contributed by atoms with Gasteiger partial charge in [0.1, 0.15) is 5.84 Å². The molecule has 0 aliphatic carbocycles. The fraction of sp³-hybridized carbons (Fsp3) is 0.273. The topological polar surface area (TPSA) is 102 Å². The van der Waals surface area contributed by atoms with E-state index < -0.39 is 6.03 Å². The van der Waals surface area contributed by atoms with Crippen molar-refractivity contribution in [2.24, 2.45) is 23.7 Å². The number of nitrogens with zero attached hydrogens (tertiary/aromatic N) is 3. The summed E-state index contributed by atoms with van der Waals surface area (Å²) in [5.41, 5.74) is 10.1. The first-order valence-corrected chi connectivity index (χ1v) is 9.40. The third-order valence-corrected chi connectivity index (χ3v) is 4.85. The number of anilines is 1. The number of rotatable bonds is 3. The average Bonchev–Trinajstić information content (AvgIpc) is 2.66. The maximum absolute atomic E-state index is 13.0. The minimum atomic E-state index is -0.544. The number of carbonyl (C=O) groups is 1. The van der Waals surface area contributed by atoms with E-state index in [-0.39, 0.29) is 17.3 Å². The maximum Gasteiger partial charge on any atom is 0.347 e. The highest BCUT2D eigenvalue weighted by atomic mass is 16.2. The Balaban J connectivity index is 2.06. The first kappa shape index (κ1) is 20.3. The summed E-state index contributed by atoms with van der Waals surface area (Å²) in [5, 5.41) is 3.59. The van der Waals surface area contributed by atoms with Crippen LogP contribution in [0.5, 0.6) is 0 Å². The van der Waals surface area contributed by atoms with Crippen molar-refractivity contribution in [3.05, 3.63) is 58.1 Å². The number of hydrogen-bond donors (Lipinski definition) is 2. The van der Waals surface area contributed by atoms with E-state index in [0.29, 0.717) is 11.3 Å². The van der Waals surface area contributed by atoms with Crippen LogP contribution in [0.3, 0.4) is 0 Å². The second-order valence-electron chi connectivity index (χ2n) is 7.46. The quantitative estimate of drug-likeness (QED) is 0.524. The number of hydrogen-bond acceptors (Lipinski definition) is 3. The molecule has 0 atom stereocenters. The first-order chi connectivity index (χ1) is 13.7. The summed E-state index contributed by atoms with van der Waals surface area (Å²) < 4.78 is 1.62. The molecular weight excluding hydrogens is 366 g/mol. The molecule has 2 amide bonds. The highest BCUT2D eigenvalue weighted by molar-refractivity contribution is 6.00. The first-order valence-electron chi connectivity index (χ1n) is 9.40. The average molecular weight is 391 g/mol. The summed E-state index contributed by atoms with van der Waals surface area (Å²) in [6.07, 6.45) is 1.76. The lowest BCUT2D eigenvalue weighted by Crippen LogP contribution is -2.22. The number of carbonyl (C=O) groups excluding carboxylic acids is 1. The summed E-state index contributed by atoms with van der Waals surface area (Å²) in [7, 11) is 1.75. The van der Waals surface area contributed by atoms with E-state index in [1.807, 2.05) is 45.9 Å². The van der Waals surface area contributed by atoms with Crippen molar-refractivity contribution < 1.29 is 4.79 Å². The van der Waals surface area contributed by atoms with Gasteiger partial charge in [0.15, 0.2) is 0 Å². The number of amides is 2. The lowest BCUT2D eigenvalue weighted by atomic mass is 9.99. The predicted molar refractivity (Wildman–Crippen MR) is 117 cm³/mol. The lowest BCUT2D eigenvalue weighted by Gasteiger charge is -2.13. The largest absolute Gasteiger partial charge is 0.387 e. The molecule has 0 aliphatic rings. The predicted octanol–water partition coefficient (Wildman–Crippen LogP) is 3.76. The van der Waals surface area contributed by atoms with Gasteiger partial charge in [-0.15, -0.1) is 0 Å². The number of aryl methyl sites for hydroxylation is 3. The molecule has 2 heterocycles. The maximum atomic E-state index is 13.0. The lowest BCUT2D eigenvalue weighted by molar-refractivity contribution is 0.259. The number of urea groups is 1. The van der Waals surface area contributed by atoms with E-state index in [0.717, 1.165) is 27.7 Å². The van der Waals surface area contributed by atoms with E-state index in [4.69, 9.17) is 5.73 Å². The van der Waals surface area contributed by atoms with Gasteiger partial charge in [-0.25, -0.2) is 4.79 Å². The molecule has 3 N–H and O–H groups in total. The molecule has 0 aliphatic heterocycles. The minimum absolute atomic E-state index is 0.0211. The van der Waals surface area contributed by atoms with E-state index in [9.17, 15) is 9.59 Å². The smallest absolute Gasteiger partial charge is 0.347 e. The Morgan fingerprint density at radius 1 is 1.17 bits per heavy atom. The zero-order chi connectivity index (χ0) is 21.3. The Bertz CT molecular complexity index is 1190. The molecule has 0 fully saturated rings. The molecule has 0 unspecified atom stereocenters. The Morgan fingerprint density at radius 2 is 1.90 bits per heavy atom. The van der Waals surface area contributed by atoms with Gasteiger partial charge in [0.2, 0.25) is 0 Å². The van der Waals surface area contributed by atoms with Crippen LogP contribution in [0.15, 0.2) is 46.3 Å². The van der Waals surface area contributed by atoms with Crippen LogP contribution in [0.2, 0.25) is 0 Å². The van der Waals surface area contributed by atoms with Crippen LogP contribution in [0.1, 0.15) is 25.1 Å². The van der Waals surface area contributed by atoms with Gasteiger partial charge in [-0.05, 0) is 49.2 Å². The molecule has 0 spiro atoms. The Morgan fingerprint density at radius 3 is 2.59 bits per heavy atom. The molecule has 1 aromatic carbocycles. The van der Waals surface area contributed by atoms with Crippen LogP contribution in [0.25, 0.3) is 22.0 Å². The van der Waals surface area contributed by atoms with Crippen LogP contribution >= 0.6 is 0 Å². The van der Waals surface area contributed by atoms with E-state index in [1.54, 1.807) is 29.9 Å². The Hall–Kier alpha value is -3.48. The monoisotopic (exact) mass is 391 g/mol. The summed E-state index contributed by atoms with van der Waals surface area (Å²) >= 11 is 0. The van der Waals surface area contributed by atoms with Crippen molar-refractivity contribution in [1.82, 2.24) is 9.55 Å². The van der Waals surface area contributed by atoms with Crippen molar-refractivity contribution in [2.75, 3.05) is 5.32 Å². The Kier molecular flexibility index (Phi) is 5.50. The number of aliphatic imine (C=N–C) groups is 1. The number of fused-ring (bicyclic) bond motifs is 1. The zero-order valence-electron chi connectivity index (χ0n) is 17.3. The van der Waals surface area contributed by atoms with Gasteiger partial charge in [-0.2, -0.15) is 4.99 Å². The second-order valence-corrected chi connectivity index (χ2v) is 7.46. The van der Waals surface area contributed by atoms with Gasteiger partial charge in [-0.3, -0.25) is 9.78 Å². The SMILES string of the molecule is Cc1cc2c(cn1)cc(-c1cc(NC(=O)/N=C(\N)C(C)C)ccc1C)c(=O)n2C. The van der Waals surface area contributed by atoms with Crippen LogP contribution in [-0.4, -0.2) is 21.4 Å². The van der Waals surface area contributed by atoms with Crippen LogP contribution < -0.4 is 16.6 Å². The second kappa shape index (κ2) is 7.87. The van der Waals surface area contributed by atoms with Gasteiger partial charge < -0.3 is 15.6 Å². The zero-order valence-corrected chi connectivity index (χ0v) is 17.3. The van der Waals surface area contributed by atoms with Crippen molar-refractivity contribution in [2.45, 2.75) is 27.7 Å². The van der Waals surface area contributed by atoms with E-state index >= 15 is 0 Å². The van der Waals surface area contributed by atoms with Crippen LogP contribution in [-0.2, 0) is 7.05 Å². The highest BCUT2D eigenvalue weighted by Crippen LogP contribution is 2.27. The molecule has 2 aromatic heterocycles. The highest BCUT2D eigenvalue weighted by Gasteiger charge is 2.13. The number of nitrogens with two attached hydrogens (primary N) is 1. The molecule has 0 saturated heterocycles. The molecule has 0 bridgehead atoms. The summed E-state index contributed by atoms with van der Waals surface area (Å²) in [6, 6.07) is 8.59. The normalized spacial score (nSPS) is 11.9. The molecule has 7 heteroatoms. The molecular formula is C22H25N5O2. The van der Waals surface area contributed by atoms with Gasteiger partial charge in [0.25, 0.3) is 5.56 Å². The number of pyridine rings is 2. The number of benzene rings is 1. The van der Waals surface area contributed by atoms with E-state index in [1.165, 1.54) is 0 Å². The summed E-state index contributed by atoms with van der Waals surface area (Å²) in [5.74, 6) is 0.244. The van der Waals surface area contributed by atoms with Gasteiger partial charge >= 0.3 is 6.03 Å².